The van der Waals surface area contributed by atoms with Gasteiger partial charge in [-0.25, -0.2) is 0 Å². The second-order valence-corrected chi connectivity index (χ2v) is 5.95. The summed E-state index contributed by atoms with van der Waals surface area (Å²) in [7, 11) is 0. The van der Waals surface area contributed by atoms with E-state index in [1.54, 1.807) is 0 Å². The molecule has 22 heavy (non-hydrogen) atoms. The number of aromatic nitrogens is 1. The minimum atomic E-state index is 0.126. The van der Waals surface area contributed by atoms with Crippen LogP contribution in [0.4, 0.5) is 0 Å². The summed E-state index contributed by atoms with van der Waals surface area (Å²) in [5, 5.41) is 0. The Kier molecular flexibility index (Phi) is 6.04. The highest BCUT2D eigenvalue weighted by molar-refractivity contribution is 5.80. The molecule has 2 heterocycles. The molecule has 1 saturated heterocycles. The van der Waals surface area contributed by atoms with E-state index in [1.807, 2.05) is 28.1 Å². The molecule has 0 unspecified atom stereocenters. The predicted molar refractivity (Wildman–Crippen MR) is 86.3 cm³/mol. The molecule has 0 aliphatic carbocycles. The van der Waals surface area contributed by atoms with E-state index in [0.29, 0.717) is 19.5 Å². The van der Waals surface area contributed by atoms with Crippen molar-refractivity contribution in [2.75, 3.05) is 26.2 Å². The van der Waals surface area contributed by atoms with Gasteiger partial charge in [-0.1, -0.05) is 13.8 Å². The summed E-state index contributed by atoms with van der Waals surface area (Å²) in [4.78, 5) is 31.7. The number of hydrogen-bond donors (Lipinski definition) is 1. The van der Waals surface area contributed by atoms with Gasteiger partial charge in [0.1, 0.15) is 0 Å². The highest BCUT2D eigenvalue weighted by atomic mass is 16.2. The predicted octanol–water partition coefficient (Wildman–Crippen LogP) is 2.05. The lowest BCUT2D eigenvalue weighted by atomic mass is 10.0. The Morgan fingerprint density at radius 1 is 1.14 bits per heavy atom. The van der Waals surface area contributed by atoms with E-state index >= 15 is 0 Å². The van der Waals surface area contributed by atoms with Crippen molar-refractivity contribution in [3.63, 3.8) is 0 Å². The summed E-state index contributed by atoms with van der Waals surface area (Å²) in [6, 6.07) is 3.83. The third-order valence-electron chi connectivity index (χ3n) is 4.50. The van der Waals surface area contributed by atoms with Crippen LogP contribution in [0.15, 0.2) is 18.3 Å². The van der Waals surface area contributed by atoms with Crippen molar-refractivity contribution in [1.29, 1.82) is 0 Å². The lowest BCUT2D eigenvalue weighted by Crippen LogP contribution is -2.40. The molecule has 0 aromatic carbocycles. The molecule has 1 fully saturated rings. The lowest BCUT2D eigenvalue weighted by Gasteiger charge is -2.25. The van der Waals surface area contributed by atoms with E-state index in [1.165, 1.54) is 0 Å². The molecular weight excluding hydrogens is 278 g/mol. The summed E-state index contributed by atoms with van der Waals surface area (Å²) in [5.41, 5.74) is 0.944. The molecular formula is C17H27N3O2. The van der Waals surface area contributed by atoms with Crippen LogP contribution in [0, 0.1) is 5.92 Å². The third kappa shape index (κ3) is 4.12. The molecule has 122 valence electrons. The Morgan fingerprint density at radius 3 is 2.45 bits per heavy atom. The summed E-state index contributed by atoms with van der Waals surface area (Å²) >= 11 is 0. The number of rotatable bonds is 5. The first-order valence-corrected chi connectivity index (χ1v) is 8.34. The Morgan fingerprint density at radius 2 is 1.82 bits per heavy atom. The van der Waals surface area contributed by atoms with Crippen LogP contribution in [0.3, 0.4) is 0 Å². The molecule has 2 rings (SSSR count). The number of hydrogen-bond acceptors (Lipinski definition) is 2. The second-order valence-electron chi connectivity index (χ2n) is 5.95. The number of carbonyl (C=O) groups excluding carboxylic acids is 2. The first kappa shape index (κ1) is 16.6. The zero-order chi connectivity index (χ0) is 15.9. The van der Waals surface area contributed by atoms with Gasteiger partial charge in [0, 0.05) is 44.0 Å². The van der Waals surface area contributed by atoms with Crippen molar-refractivity contribution in [2.24, 2.45) is 5.92 Å². The minimum Gasteiger partial charge on any atom is -0.365 e. The van der Waals surface area contributed by atoms with Gasteiger partial charge < -0.3 is 14.8 Å². The van der Waals surface area contributed by atoms with Gasteiger partial charge in [-0.2, -0.15) is 0 Å². The molecule has 1 aliphatic heterocycles. The van der Waals surface area contributed by atoms with Crippen molar-refractivity contribution in [3.05, 3.63) is 24.0 Å². The third-order valence-corrected chi connectivity index (χ3v) is 4.50. The average molecular weight is 305 g/mol. The zero-order valence-electron chi connectivity index (χ0n) is 13.7. The molecule has 1 N–H and O–H groups in total. The van der Waals surface area contributed by atoms with E-state index in [-0.39, 0.29) is 17.7 Å². The fraction of sp³-hybridized carbons (Fsp3) is 0.647. The van der Waals surface area contributed by atoms with Crippen LogP contribution in [-0.2, 0) is 16.0 Å². The topological polar surface area (TPSA) is 56.4 Å². The quantitative estimate of drug-likeness (QED) is 0.905. The molecule has 0 bridgehead atoms. The lowest BCUT2D eigenvalue weighted by molar-refractivity contribution is -0.136. The van der Waals surface area contributed by atoms with Gasteiger partial charge in [0.15, 0.2) is 0 Å². The highest BCUT2D eigenvalue weighted by Crippen LogP contribution is 2.14. The Hall–Kier alpha value is -1.78. The first-order chi connectivity index (χ1) is 10.7. The van der Waals surface area contributed by atoms with Crippen LogP contribution >= 0.6 is 0 Å². The SMILES string of the molecule is CCC(CC)C(=O)N1CCCN(C(=O)Cc2ccc[nH]2)CC1. The maximum absolute atomic E-state index is 12.5. The van der Waals surface area contributed by atoms with Gasteiger partial charge in [0.25, 0.3) is 0 Å². The molecule has 0 radical (unpaired) electrons. The van der Waals surface area contributed by atoms with Gasteiger partial charge >= 0.3 is 0 Å². The van der Waals surface area contributed by atoms with Crippen molar-refractivity contribution in [3.8, 4) is 0 Å². The Labute approximate surface area is 132 Å². The fourth-order valence-corrected chi connectivity index (χ4v) is 3.04. The van der Waals surface area contributed by atoms with Crippen molar-refractivity contribution < 1.29 is 9.59 Å². The summed E-state index contributed by atoms with van der Waals surface area (Å²) in [6.45, 7) is 6.94. The highest BCUT2D eigenvalue weighted by Gasteiger charge is 2.25. The molecule has 2 amide bonds. The molecule has 0 atom stereocenters. The first-order valence-electron chi connectivity index (χ1n) is 8.34. The number of amides is 2. The normalized spacial score (nSPS) is 16.0. The van der Waals surface area contributed by atoms with Crippen molar-refractivity contribution >= 4 is 11.8 Å². The molecule has 5 heteroatoms. The van der Waals surface area contributed by atoms with Gasteiger partial charge in [-0.05, 0) is 31.4 Å². The van der Waals surface area contributed by atoms with E-state index in [0.717, 1.165) is 38.0 Å². The summed E-state index contributed by atoms with van der Waals surface area (Å²) in [5.74, 6) is 0.518. The second kappa shape index (κ2) is 8.01. The largest absolute Gasteiger partial charge is 0.365 e. The van der Waals surface area contributed by atoms with E-state index in [2.05, 4.69) is 18.8 Å². The Bertz CT molecular complexity index is 480. The van der Waals surface area contributed by atoms with Crippen LogP contribution in [-0.4, -0.2) is 52.8 Å². The summed E-state index contributed by atoms with van der Waals surface area (Å²) < 4.78 is 0. The van der Waals surface area contributed by atoms with Crippen LogP contribution in [0.25, 0.3) is 0 Å². The number of nitrogens with zero attached hydrogens (tertiary/aromatic N) is 2. The van der Waals surface area contributed by atoms with E-state index in [9.17, 15) is 9.59 Å². The molecule has 5 nitrogen and oxygen atoms in total. The van der Waals surface area contributed by atoms with Gasteiger partial charge in [0.2, 0.25) is 11.8 Å². The molecule has 1 aromatic heterocycles. The average Bonchev–Trinajstić information content (AvgIpc) is 2.89. The van der Waals surface area contributed by atoms with E-state index < -0.39 is 0 Å². The van der Waals surface area contributed by atoms with Gasteiger partial charge in [0.05, 0.1) is 6.42 Å². The number of aromatic amines is 1. The van der Waals surface area contributed by atoms with Crippen LogP contribution in [0.2, 0.25) is 0 Å². The molecule has 0 saturated carbocycles. The molecule has 0 spiro atoms. The van der Waals surface area contributed by atoms with Crippen LogP contribution in [0.1, 0.15) is 38.8 Å². The monoisotopic (exact) mass is 305 g/mol. The van der Waals surface area contributed by atoms with Crippen LogP contribution < -0.4 is 0 Å². The van der Waals surface area contributed by atoms with Crippen LogP contribution in [0.5, 0.6) is 0 Å². The molecule has 1 aromatic rings. The number of nitrogens with one attached hydrogen (secondary N) is 1. The maximum atomic E-state index is 12.5. The Balaban J connectivity index is 1.89. The number of carbonyl (C=O) groups is 2. The van der Waals surface area contributed by atoms with Gasteiger partial charge in [-0.15, -0.1) is 0 Å². The maximum Gasteiger partial charge on any atom is 0.228 e. The van der Waals surface area contributed by atoms with Crippen molar-refractivity contribution in [1.82, 2.24) is 14.8 Å². The van der Waals surface area contributed by atoms with E-state index in [4.69, 9.17) is 0 Å². The smallest absolute Gasteiger partial charge is 0.228 e. The van der Waals surface area contributed by atoms with Gasteiger partial charge in [-0.3, -0.25) is 9.59 Å². The zero-order valence-corrected chi connectivity index (χ0v) is 13.7. The standard InChI is InChI=1S/C17H27N3O2/c1-3-14(4-2)17(22)20-10-6-9-19(11-12-20)16(21)13-15-7-5-8-18-15/h5,7-8,14,18H,3-4,6,9-13H2,1-2H3. The number of H-pyrrole nitrogens is 1. The fourth-order valence-electron chi connectivity index (χ4n) is 3.04. The summed E-state index contributed by atoms with van der Waals surface area (Å²) in [6.07, 6.45) is 4.89. The van der Waals surface area contributed by atoms with Crippen molar-refractivity contribution in [2.45, 2.75) is 39.5 Å². The minimum absolute atomic E-state index is 0.126. The molecule has 1 aliphatic rings.